The second kappa shape index (κ2) is 10.6. The molecule has 2 aromatic heterocycles. The number of aromatic nitrogens is 4. The Balaban J connectivity index is 1.35. The molecule has 0 bridgehead atoms. The maximum Gasteiger partial charge on any atom is 0.236 e. The van der Waals surface area contributed by atoms with Crippen LogP contribution in [0, 0.1) is 13.8 Å². The van der Waals surface area contributed by atoms with Crippen LogP contribution in [0.2, 0.25) is 0 Å². The van der Waals surface area contributed by atoms with Crippen molar-refractivity contribution in [1.82, 2.24) is 19.7 Å². The monoisotopic (exact) mass is 479 g/mol. The molecule has 0 radical (unpaired) electrons. The Morgan fingerprint density at radius 1 is 1.09 bits per heavy atom. The van der Waals surface area contributed by atoms with Crippen LogP contribution in [0.25, 0.3) is 11.3 Å². The van der Waals surface area contributed by atoms with E-state index in [2.05, 4.69) is 20.5 Å². The number of carbonyl (C=O) groups excluding carboxylic acids is 1. The number of nitrogens with one attached hydrogen (secondary N) is 1. The van der Waals surface area contributed by atoms with Crippen LogP contribution >= 0.6 is 23.1 Å². The first-order chi connectivity index (χ1) is 16.0. The number of amides is 1. The van der Waals surface area contributed by atoms with E-state index in [0.29, 0.717) is 23.4 Å². The Morgan fingerprint density at radius 3 is 2.61 bits per heavy atom. The summed E-state index contributed by atoms with van der Waals surface area (Å²) in [7, 11) is 0. The van der Waals surface area contributed by atoms with Gasteiger partial charge in [-0.1, -0.05) is 60.3 Å². The summed E-state index contributed by atoms with van der Waals surface area (Å²) >= 11 is 2.83. The molecule has 0 aliphatic carbocycles. The van der Waals surface area contributed by atoms with Gasteiger partial charge in [-0.2, -0.15) is 0 Å². The van der Waals surface area contributed by atoms with Crippen molar-refractivity contribution in [3.63, 3.8) is 0 Å². The predicted octanol–water partition coefficient (Wildman–Crippen LogP) is 5.35. The second-order valence-electron chi connectivity index (χ2n) is 7.32. The number of thiazole rings is 1. The zero-order valence-electron chi connectivity index (χ0n) is 18.7. The zero-order chi connectivity index (χ0) is 23.2. The van der Waals surface area contributed by atoms with Gasteiger partial charge in [0, 0.05) is 17.0 Å². The molecule has 2 heterocycles. The molecule has 2 aromatic carbocycles. The smallest absolute Gasteiger partial charge is 0.236 e. The van der Waals surface area contributed by atoms with Crippen LogP contribution in [0.15, 0.2) is 59.8 Å². The first kappa shape index (κ1) is 23.0. The molecule has 33 heavy (non-hydrogen) atoms. The lowest BCUT2D eigenvalue weighted by Gasteiger charge is -2.10. The molecule has 9 heteroatoms. The molecule has 170 valence electrons. The van der Waals surface area contributed by atoms with Crippen LogP contribution in [-0.2, 0) is 17.9 Å². The number of aryl methyl sites for hydroxylation is 2. The average molecular weight is 480 g/mol. The number of ether oxygens (including phenoxy) is 1. The third-order valence-electron chi connectivity index (χ3n) is 4.98. The van der Waals surface area contributed by atoms with Gasteiger partial charge in [0.15, 0.2) is 16.1 Å². The largest absolute Gasteiger partial charge is 0.485 e. The minimum absolute atomic E-state index is 0.128. The molecule has 0 spiro atoms. The molecule has 7 nitrogen and oxygen atoms in total. The highest BCUT2D eigenvalue weighted by molar-refractivity contribution is 7.99. The second-order valence-corrected chi connectivity index (χ2v) is 9.47. The fourth-order valence-corrected chi connectivity index (χ4v) is 4.98. The minimum atomic E-state index is -0.128. The van der Waals surface area contributed by atoms with Crippen LogP contribution < -0.4 is 10.1 Å². The van der Waals surface area contributed by atoms with E-state index in [1.807, 2.05) is 79.9 Å². The van der Waals surface area contributed by atoms with E-state index in [0.717, 1.165) is 33.3 Å². The average Bonchev–Trinajstić information content (AvgIpc) is 3.39. The summed E-state index contributed by atoms with van der Waals surface area (Å²) in [5, 5.41) is 12.7. The van der Waals surface area contributed by atoms with Gasteiger partial charge < -0.3 is 14.6 Å². The van der Waals surface area contributed by atoms with E-state index in [1.165, 1.54) is 23.1 Å². The van der Waals surface area contributed by atoms with Crippen LogP contribution in [0.1, 0.15) is 23.2 Å². The van der Waals surface area contributed by atoms with Crippen LogP contribution in [-0.4, -0.2) is 31.4 Å². The number of nitrogens with zero attached hydrogens (tertiary/aromatic N) is 4. The third kappa shape index (κ3) is 5.61. The molecule has 1 amide bonds. The quantitative estimate of drug-likeness (QED) is 0.326. The summed E-state index contributed by atoms with van der Waals surface area (Å²) in [5.41, 5.74) is 3.00. The van der Waals surface area contributed by atoms with Crippen LogP contribution in [0.3, 0.4) is 0 Å². The van der Waals surface area contributed by atoms with Gasteiger partial charge in [-0.25, -0.2) is 4.98 Å². The molecule has 0 saturated heterocycles. The van der Waals surface area contributed by atoms with Crippen molar-refractivity contribution in [3.8, 4) is 17.0 Å². The summed E-state index contributed by atoms with van der Waals surface area (Å²) in [6.07, 6.45) is 0. The van der Waals surface area contributed by atoms with Gasteiger partial charge in [0.05, 0.1) is 11.4 Å². The van der Waals surface area contributed by atoms with Gasteiger partial charge in [0.1, 0.15) is 12.4 Å². The highest BCUT2D eigenvalue weighted by atomic mass is 32.2. The van der Waals surface area contributed by atoms with E-state index < -0.39 is 0 Å². The Kier molecular flexibility index (Phi) is 7.41. The van der Waals surface area contributed by atoms with Crippen LogP contribution in [0.5, 0.6) is 5.75 Å². The fourth-order valence-electron chi connectivity index (χ4n) is 3.31. The standard InChI is InChI=1S/C24H25N5O2S2/c1-4-29-20(14-31-19-13-9-8-10-16(19)2)27-28-24(29)32-15-21(30)25-23-26-22(17(3)33-23)18-11-6-5-7-12-18/h5-13H,4,14-15H2,1-3H3,(H,25,26,30). The lowest BCUT2D eigenvalue weighted by atomic mass is 10.1. The molecule has 0 atom stereocenters. The summed E-state index contributed by atoms with van der Waals surface area (Å²) in [6, 6.07) is 17.8. The van der Waals surface area contributed by atoms with E-state index in [9.17, 15) is 4.79 Å². The molecule has 0 aliphatic heterocycles. The summed E-state index contributed by atoms with van der Waals surface area (Å²) < 4.78 is 7.88. The minimum Gasteiger partial charge on any atom is -0.485 e. The zero-order valence-corrected chi connectivity index (χ0v) is 20.4. The van der Waals surface area contributed by atoms with Gasteiger partial charge in [-0.3, -0.25) is 4.79 Å². The number of thioether (sulfide) groups is 1. The van der Waals surface area contributed by atoms with Crippen molar-refractivity contribution in [3.05, 3.63) is 70.9 Å². The molecular weight excluding hydrogens is 454 g/mol. The SMILES string of the molecule is CCn1c(COc2ccccc2C)nnc1SCC(=O)Nc1nc(-c2ccccc2)c(C)s1. The van der Waals surface area contributed by atoms with Crippen molar-refractivity contribution in [2.75, 3.05) is 11.1 Å². The van der Waals surface area contributed by atoms with Gasteiger partial charge in [0.25, 0.3) is 0 Å². The molecule has 1 N–H and O–H groups in total. The number of carbonyl (C=O) groups is 1. The number of rotatable bonds is 9. The Bertz CT molecular complexity index is 1240. The maximum atomic E-state index is 12.6. The number of para-hydroxylation sites is 1. The van der Waals surface area contributed by atoms with Crippen LogP contribution in [0.4, 0.5) is 5.13 Å². The molecule has 4 aromatic rings. The normalized spacial score (nSPS) is 10.9. The summed E-state index contributed by atoms with van der Waals surface area (Å²) in [6.45, 7) is 7.05. The molecule has 0 fully saturated rings. The highest BCUT2D eigenvalue weighted by Gasteiger charge is 2.16. The molecule has 0 aliphatic rings. The lowest BCUT2D eigenvalue weighted by molar-refractivity contribution is -0.113. The van der Waals surface area contributed by atoms with E-state index in [-0.39, 0.29) is 11.7 Å². The highest BCUT2D eigenvalue weighted by Crippen LogP contribution is 2.30. The lowest BCUT2D eigenvalue weighted by Crippen LogP contribution is -2.14. The number of hydrogen-bond acceptors (Lipinski definition) is 7. The molecular formula is C24H25N5O2S2. The van der Waals surface area contributed by atoms with E-state index in [4.69, 9.17) is 4.74 Å². The van der Waals surface area contributed by atoms with Gasteiger partial charge in [-0.15, -0.1) is 21.5 Å². The first-order valence-electron chi connectivity index (χ1n) is 10.6. The fraction of sp³-hybridized carbons (Fsp3) is 0.250. The number of hydrogen-bond donors (Lipinski definition) is 1. The third-order valence-corrected chi connectivity index (χ3v) is 6.84. The maximum absolute atomic E-state index is 12.6. The first-order valence-corrected chi connectivity index (χ1v) is 12.4. The summed E-state index contributed by atoms with van der Waals surface area (Å²) in [4.78, 5) is 18.2. The van der Waals surface area contributed by atoms with Crippen molar-refractivity contribution in [1.29, 1.82) is 0 Å². The molecule has 0 saturated carbocycles. The summed E-state index contributed by atoms with van der Waals surface area (Å²) in [5.74, 6) is 1.64. The van der Waals surface area contributed by atoms with Crippen molar-refractivity contribution in [2.45, 2.75) is 39.1 Å². The van der Waals surface area contributed by atoms with Crippen molar-refractivity contribution < 1.29 is 9.53 Å². The van der Waals surface area contributed by atoms with Gasteiger partial charge in [0.2, 0.25) is 5.91 Å². The van der Waals surface area contributed by atoms with Crippen molar-refractivity contribution in [2.24, 2.45) is 0 Å². The Morgan fingerprint density at radius 2 is 1.85 bits per heavy atom. The molecule has 0 unspecified atom stereocenters. The Hall–Kier alpha value is -3.17. The molecule has 4 rings (SSSR count). The number of anilines is 1. The van der Waals surface area contributed by atoms with Gasteiger partial charge in [-0.05, 0) is 32.4 Å². The van der Waals surface area contributed by atoms with Crippen molar-refractivity contribution >= 4 is 34.1 Å². The Labute approximate surface area is 201 Å². The van der Waals surface area contributed by atoms with Gasteiger partial charge >= 0.3 is 0 Å². The topological polar surface area (TPSA) is 81.9 Å². The van der Waals surface area contributed by atoms with E-state index in [1.54, 1.807) is 0 Å². The predicted molar refractivity (Wildman–Crippen MR) is 133 cm³/mol. The van der Waals surface area contributed by atoms with E-state index >= 15 is 0 Å². The number of benzene rings is 2.